The molecule has 0 N–H and O–H groups in total. The van der Waals surface area contributed by atoms with Crippen LogP contribution in [0.25, 0.3) is 0 Å². The maximum absolute atomic E-state index is 12.0. The summed E-state index contributed by atoms with van der Waals surface area (Å²) in [6, 6.07) is -0.365. The van der Waals surface area contributed by atoms with Crippen molar-refractivity contribution in [3.05, 3.63) is 12.2 Å². The molecule has 0 aliphatic carbocycles. The van der Waals surface area contributed by atoms with Crippen LogP contribution in [0, 0.1) is 0 Å². The van der Waals surface area contributed by atoms with E-state index in [0.717, 1.165) is 12.0 Å². The molecule has 1 aliphatic heterocycles. The van der Waals surface area contributed by atoms with Crippen LogP contribution in [0.1, 0.15) is 40.5 Å². The minimum Gasteiger partial charge on any atom is -0.444 e. The highest BCUT2D eigenvalue weighted by atomic mass is 16.6. The van der Waals surface area contributed by atoms with E-state index in [2.05, 4.69) is 6.58 Å². The molecule has 0 bridgehead atoms. The van der Waals surface area contributed by atoms with E-state index < -0.39 is 11.7 Å². The molecule has 0 spiro atoms. The van der Waals surface area contributed by atoms with Gasteiger partial charge in [-0.15, -0.1) is 0 Å². The number of nitrogens with zero attached hydrogens (tertiary/aromatic N) is 1. The zero-order valence-corrected chi connectivity index (χ0v) is 11.1. The second-order valence-electron chi connectivity index (χ2n) is 5.52. The molecule has 17 heavy (non-hydrogen) atoms. The molecule has 1 rings (SSSR count). The van der Waals surface area contributed by atoms with Gasteiger partial charge in [-0.25, -0.2) is 4.79 Å². The Morgan fingerprint density at radius 1 is 1.41 bits per heavy atom. The summed E-state index contributed by atoms with van der Waals surface area (Å²) in [5.41, 5.74) is 0.422. The van der Waals surface area contributed by atoms with Crippen molar-refractivity contribution in [3.8, 4) is 0 Å². The summed E-state index contributed by atoms with van der Waals surface area (Å²) in [5.74, 6) is 0.00311. The summed E-state index contributed by atoms with van der Waals surface area (Å²) >= 11 is 0. The summed E-state index contributed by atoms with van der Waals surface area (Å²) < 4.78 is 5.30. The molecule has 1 saturated heterocycles. The van der Waals surface area contributed by atoms with Gasteiger partial charge in [0.05, 0.1) is 6.04 Å². The summed E-state index contributed by atoms with van der Waals surface area (Å²) in [6.45, 7) is 11.2. The maximum Gasteiger partial charge on any atom is 0.411 e. The molecule has 0 aromatic carbocycles. The van der Waals surface area contributed by atoms with Gasteiger partial charge >= 0.3 is 6.09 Å². The smallest absolute Gasteiger partial charge is 0.411 e. The van der Waals surface area contributed by atoms with Crippen molar-refractivity contribution in [3.63, 3.8) is 0 Å². The average Bonchev–Trinajstić information content (AvgIpc) is 2.14. The summed E-state index contributed by atoms with van der Waals surface area (Å²) in [6.07, 6.45) is 1.01. The molecule has 0 radical (unpaired) electrons. The molecule has 96 valence electrons. The molecule has 1 heterocycles. The van der Waals surface area contributed by atoms with Crippen molar-refractivity contribution >= 4 is 11.9 Å². The van der Waals surface area contributed by atoms with Crippen molar-refractivity contribution < 1.29 is 14.3 Å². The van der Waals surface area contributed by atoms with Crippen molar-refractivity contribution in [1.82, 2.24) is 4.90 Å². The first kappa shape index (κ1) is 13.7. The average molecular weight is 239 g/mol. The Labute approximate surface area is 103 Å². The number of ketones is 1. The van der Waals surface area contributed by atoms with E-state index in [9.17, 15) is 9.59 Å². The highest BCUT2D eigenvalue weighted by molar-refractivity contribution is 5.86. The molecule has 1 amide bonds. The van der Waals surface area contributed by atoms with E-state index in [1.165, 1.54) is 11.8 Å². The van der Waals surface area contributed by atoms with Gasteiger partial charge in [-0.1, -0.05) is 12.2 Å². The molecule has 0 aromatic rings. The molecule has 1 atom stereocenters. The van der Waals surface area contributed by atoms with E-state index in [4.69, 9.17) is 4.74 Å². The number of carbonyl (C=O) groups excluding carboxylic acids is 2. The first-order valence-electron chi connectivity index (χ1n) is 5.87. The fourth-order valence-electron chi connectivity index (χ4n) is 1.86. The van der Waals surface area contributed by atoms with Crippen LogP contribution in [0.2, 0.25) is 0 Å². The number of carbonyl (C=O) groups is 2. The number of amides is 1. The minimum atomic E-state index is -0.544. The van der Waals surface area contributed by atoms with E-state index in [1.807, 2.05) is 20.8 Å². The molecular formula is C13H21NO3. The zero-order chi connectivity index (χ0) is 13.2. The summed E-state index contributed by atoms with van der Waals surface area (Å²) in [7, 11) is 0. The standard InChI is InChI=1S/C13H21NO3/c1-9-6-7-11(10(2)15)14(8-9)12(16)17-13(3,4)5/h11H,1,6-8H2,2-5H3/t11-/m0/s1. The van der Waals surface area contributed by atoms with Crippen LogP contribution >= 0.6 is 0 Å². The Hall–Kier alpha value is -1.32. The van der Waals surface area contributed by atoms with Crippen LogP contribution in [0.3, 0.4) is 0 Å². The molecule has 1 aliphatic rings. The van der Waals surface area contributed by atoms with Crippen molar-refractivity contribution in [1.29, 1.82) is 0 Å². The van der Waals surface area contributed by atoms with E-state index >= 15 is 0 Å². The molecule has 4 nitrogen and oxygen atoms in total. The highest BCUT2D eigenvalue weighted by Crippen LogP contribution is 2.23. The Kier molecular flexibility index (Phi) is 3.96. The topological polar surface area (TPSA) is 46.6 Å². The number of hydrogen-bond donors (Lipinski definition) is 0. The first-order chi connectivity index (χ1) is 7.70. The fourth-order valence-corrected chi connectivity index (χ4v) is 1.86. The van der Waals surface area contributed by atoms with Crippen LogP contribution in [-0.4, -0.2) is 35.0 Å². The number of Topliss-reactive ketones (excluding diaryl/α,β-unsaturated/α-hetero) is 1. The van der Waals surface area contributed by atoms with Gasteiger partial charge in [0, 0.05) is 6.54 Å². The normalized spacial score (nSPS) is 21.3. The van der Waals surface area contributed by atoms with Crippen molar-refractivity contribution in [2.45, 2.75) is 52.2 Å². The SMILES string of the molecule is C=C1CC[C@@H](C(C)=O)N(C(=O)OC(C)(C)C)C1. The summed E-state index contributed by atoms with van der Waals surface area (Å²) in [5, 5.41) is 0. The number of likely N-dealkylation sites (tertiary alicyclic amines) is 1. The highest BCUT2D eigenvalue weighted by Gasteiger charge is 2.33. The van der Waals surface area contributed by atoms with E-state index in [-0.39, 0.29) is 11.8 Å². The third kappa shape index (κ3) is 3.88. The molecular weight excluding hydrogens is 218 g/mol. The second kappa shape index (κ2) is 4.90. The van der Waals surface area contributed by atoms with E-state index in [0.29, 0.717) is 13.0 Å². The van der Waals surface area contributed by atoms with Crippen LogP contribution in [-0.2, 0) is 9.53 Å². The first-order valence-corrected chi connectivity index (χ1v) is 5.87. The Morgan fingerprint density at radius 3 is 2.47 bits per heavy atom. The molecule has 0 aromatic heterocycles. The van der Waals surface area contributed by atoms with Gasteiger partial charge in [-0.2, -0.15) is 0 Å². The molecule has 4 heteroatoms. The van der Waals surface area contributed by atoms with Gasteiger partial charge < -0.3 is 4.74 Å². The van der Waals surface area contributed by atoms with Crippen LogP contribution in [0.5, 0.6) is 0 Å². The number of rotatable bonds is 1. The lowest BCUT2D eigenvalue weighted by atomic mass is 9.97. The maximum atomic E-state index is 12.0. The van der Waals surface area contributed by atoms with Crippen LogP contribution in [0.15, 0.2) is 12.2 Å². The molecule has 0 saturated carbocycles. The largest absolute Gasteiger partial charge is 0.444 e. The second-order valence-corrected chi connectivity index (χ2v) is 5.52. The fraction of sp³-hybridized carbons (Fsp3) is 0.692. The third-order valence-corrected chi connectivity index (χ3v) is 2.64. The van der Waals surface area contributed by atoms with Crippen LogP contribution < -0.4 is 0 Å². The quantitative estimate of drug-likeness (QED) is 0.660. The van der Waals surface area contributed by atoms with Gasteiger partial charge in [0.2, 0.25) is 0 Å². The van der Waals surface area contributed by atoms with Crippen molar-refractivity contribution in [2.24, 2.45) is 0 Å². The van der Waals surface area contributed by atoms with E-state index in [1.54, 1.807) is 0 Å². The van der Waals surface area contributed by atoms with Gasteiger partial charge in [0.1, 0.15) is 5.60 Å². The minimum absolute atomic E-state index is 0.00311. The predicted molar refractivity (Wildman–Crippen MR) is 65.8 cm³/mol. The lowest BCUT2D eigenvalue weighted by Gasteiger charge is -2.36. The lowest BCUT2D eigenvalue weighted by Crippen LogP contribution is -2.49. The van der Waals surface area contributed by atoms with Crippen LogP contribution in [0.4, 0.5) is 4.79 Å². The Morgan fingerprint density at radius 2 is 2.00 bits per heavy atom. The number of hydrogen-bond acceptors (Lipinski definition) is 3. The van der Waals surface area contributed by atoms with Gasteiger partial charge in [-0.05, 0) is 40.5 Å². The zero-order valence-electron chi connectivity index (χ0n) is 11.1. The molecule has 1 fully saturated rings. The summed E-state index contributed by atoms with van der Waals surface area (Å²) in [4.78, 5) is 25.0. The monoisotopic (exact) mass is 239 g/mol. The van der Waals surface area contributed by atoms with Gasteiger partial charge in [-0.3, -0.25) is 9.69 Å². The number of ether oxygens (including phenoxy) is 1. The predicted octanol–water partition coefficient (Wildman–Crippen LogP) is 2.53. The third-order valence-electron chi connectivity index (χ3n) is 2.64. The van der Waals surface area contributed by atoms with Gasteiger partial charge in [0.15, 0.2) is 5.78 Å². The lowest BCUT2D eigenvalue weighted by molar-refractivity contribution is -0.122. The van der Waals surface area contributed by atoms with Gasteiger partial charge in [0.25, 0.3) is 0 Å². The molecule has 0 unspecified atom stereocenters. The van der Waals surface area contributed by atoms with Crippen molar-refractivity contribution in [2.75, 3.05) is 6.54 Å². The number of piperidine rings is 1. The Bertz CT molecular complexity index is 341. The Balaban J connectivity index is 2.79.